The second-order valence-corrected chi connectivity index (χ2v) is 6.35. The lowest BCUT2D eigenvalue weighted by Gasteiger charge is -2.24. The van der Waals surface area contributed by atoms with Crippen molar-refractivity contribution in [1.29, 1.82) is 0 Å². The molecule has 0 spiro atoms. The van der Waals surface area contributed by atoms with E-state index in [1.807, 2.05) is 30.3 Å². The van der Waals surface area contributed by atoms with E-state index >= 15 is 0 Å². The first kappa shape index (κ1) is 13.0. The van der Waals surface area contributed by atoms with E-state index in [4.69, 9.17) is 0 Å². The Balaban J connectivity index is 1.65. The normalized spacial score (nSPS) is 28.5. The molecule has 0 radical (unpaired) electrons. The zero-order valence-electron chi connectivity index (χ0n) is 12.1. The van der Waals surface area contributed by atoms with Crippen LogP contribution >= 0.6 is 0 Å². The monoisotopic (exact) mass is 280 g/mol. The predicted octanol–water partition coefficient (Wildman–Crippen LogP) is 3.34. The third-order valence-corrected chi connectivity index (χ3v) is 5.09. The Morgan fingerprint density at radius 3 is 2.95 bits per heavy atom. The first-order chi connectivity index (χ1) is 10.3. The molecule has 1 N–H and O–H groups in total. The molecule has 21 heavy (non-hydrogen) atoms. The van der Waals surface area contributed by atoms with Crippen LogP contribution in [0, 0.1) is 5.92 Å². The SMILES string of the molecule is O=C(c1cccc2ncccc12)C1CC2CCCCC2N1. The molecule has 3 atom stereocenters. The van der Waals surface area contributed by atoms with Gasteiger partial charge in [0.2, 0.25) is 0 Å². The molecule has 108 valence electrons. The van der Waals surface area contributed by atoms with Gasteiger partial charge in [-0.2, -0.15) is 0 Å². The molecule has 0 amide bonds. The number of hydrogen-bond acceptors (Lipinski definition) is 3. The highest BCUT2D eigenvalue weighted by atomic mass is 16.1. The summed E-state index contributed by atoms with van der Waals surface area (Å²) in [7, 11) is 0. The van der Waals surface area contributed by atoms with Crippen molar-refractivity contribution in [3.63, 3.8) is 0 Å². The number of pyridine rings is 1. The summed E-state index contributed by atoms with van der Waals surface area (Å²) in [6.45, 7) is 0. The maximum absolute atomic E-state index is 12.9. The van der Waals surface area contributed by atoms with Gasteiger partial charge in [0.05, 0.1) is 11.6 Å². The average Bonchev–Trinajstić information content (AvgIpc) is 2.97. The summed E-state index contributed by atoms with van der Waals surface area (Å²) in [4.78, 5) is 17.3. The van der Waals surface area contributed by atoms with Crippen molar-refractivity contribution >= 4 is 16.7 Å². The molecule has 1 aromatic heterocycles. The van der Waals surface area contributed by atoms with Crippen LogP contribution in [0.2, 0.25) is 0 Å². The summed E-state index contributed by atoms with van der Waals surface area (Å²) in [5.41, 5.74) is 1.72. The quantitative estimate of drug-likeness (QED) is 0.858. The number of carbonyl (C=O) groups is 1. The lowest BCUT2D eigenvalue weighted by Crippen LogP contribution is -2.37. The molecule has 0 bridgehead atoms. The summed E-state index contributed by atoms with van der Waals surface area (Å²) in [5, 5.41) is 4.56. The molecule has 4 rings (SSSR count). The zero-order chi connectivity index (χ0) is 14.2. The van der Waals surface area contributed by atoms with Crippen LogP contribution in [-0.2, 0) is 0 Å². The number of fused-ring (bicyclic) bond motifs is 2. The number of benzene rings is 1. The van der Waals surface area contributed by atoms with Crippen LogP contribution in [0.25, 0.3) is 10.9 Å². The van der Waals surface area contributed by atoms with Crippen LogP contribution < -0.4 is 5.32 Å². The smallest absolute Gasteiger partial charge is 0.180 e. The number of ketones is 1. The third-order valence-electron chi connectivity index (χ3n) is 5.09. The molecule has 2 aliphatic rings. The minimum atomic E-state index is -0.0103. The molecule has 3 nitrogen and oxygen atoms in total. The van der Waals surface area contributed by atoms with E-state index in [1.54, 1.807) is 6.20 Å². The van der Waals surface area contributed by atoms with Crippen molar-refractivity contribution in [3.05, 3.63) is 42.1 Å². The van der Waals surface area contributed by atoms with Crippen molar-refractivity contribution in [2.24, 2.45) is 5.92 Å². The third kappa shape index (κ3) is 2.26. The van der Waals surface area contributed by atoms with E-state index in [-0.39, 0.29) is 11.8 Å². The largest absolute Gasteiger partial charge is 0.304 e. The fraction of sp³-hybridized carbons (Fsp3) is 0.444. The molecular weight excluding hydrogens is 260 g/mol. The van der Waals surface area contributed by atoms with Gasteiger partial charge in [0.15, 0.2) is 5.78 Å². The van der Waals surface area contributed by atoms with Crippen LogP contribution in [0.5, 0.6) is 0 Å². The highest BCUT2D eigenvalue weighted by Gasteiger charge is 2.38. The van der Waals surface area contributed by atoms with Crippen LogP contribution in [0.3, 0.4) is 0 Å². The molecule has 1 aromatic carbocycles. The maximum Gasteiger partial charge on any atom is 0.180 e. The lowest BCUT2D eigenvalue weighted by molar-refractivity contribution is 0.0950. The maximum atomic E-state index is 12.9. The number of nitrogens with zero attached hydrogens (tertiary/aromatic N) is 1. The van der Waals surface area contributed by atoms with Gasteiger partial charge in [-0.25, -0.2) is 0 Å². The number of carbonyl (C=O) groups excluding carboxylic acids is 1. The molecule has 2 heterocycles. The van der Waals surface area contributed by atoms with Crippen LogP contribution in [0.15, 0.2) is 36.5 Å². The van der Waals surface area contributed by atoms with Gasteiger partial charge in [-0.15, -0.1) is 0 Å². The molecule has 3 unspecified atom stereocenters. The topological polar surface area (TPSA) is 42.0 Å². The van der Waals surface area contributed by atoms with Crippen molar-refractivity contribution < 1.29 is 4.79 Å². The van der Waals surface area contributed by atoms with Crippen molar-refractivity contribution in [2.45, 2.75) is 44.2 Å². The standard InChI is InChI=1S/C18H20N2O/c21-18(17-11-12-5-1-2-8-15(12)20-17)14-6-3-9-16-13(14)7-4-10-19-16/h3-4,6-7,9-10,12,15,17,20H,1-2,5,8,11H2. The Morgan fingerprint density at radius 1 is 1.14 bits per heavy atom. The number of aromatic nitrogens is 1. The predicted molar refractivity (Wildman–Crippen MR) is 83.4 cm³/mol. The van der Waals surface area contributed by atoms with Gasteiger partial charge < -0.3 is 5.32 Å². The van der Waals surface area contributed by atoms with Crippen LogP contribution in [0.4, 0.5) is 0 Å². The Hall–Kier alpha value is -1.74. The Kier molecular flexibility index (Phi) is 3.23. The molecule has 2 fully saturated rings. The number of nitrogens with one attached hydrogen (secondary N) is 1. The Morgan fingerprint density at radius 2 is 2.05 bits per heavy atom. The van der Waals surface area contributed by atoms with Gasteiger partial charge in [-0.05, 0) is 37.3 Å². The molecule has 3 heteroatoms. The fourth-order valence-corrected chi connectivity index (χ4v) is 4.03. The van der Waals surface area contributed by atoms with Crippen LogP contribution in [0.1, 0.15) is 42.5 Å². The molecule has 1 saturated heterocycles. The summed E-state index contributed by atoms with van der Waals surface area (Å²) in [6, 6.07) is 10.3. The summed E-state index contributed by atoms with van der Waals surface area (Å²) < 4.78 is 0. The van der Waals surface area contributed by atoms with Gasteiger partial charge in [-0.3, -0.25) is 9.78 Å². The fourth-order valence-electron chi connectivity index (χ4n) is 4.03. The summed E-state index contributed by atoms with van der Waals surface area (Å²) in [6.07, 6.45) is 7.90. The first-order valence-corrected chi connectivity index (χ1v) is 7.97. The average molecular weight is 280 g/mol. The van der Waals surface area contributed by atoms with Crippen molar-refractivity contribution in [2.75, 3.05) is 0 Å². The van der Waals surface area contributed by atoms with Gasteiger partial charge >= 0.3 is 0 Å². The number of Topliss-reactive ketones (excluding diaryl/α,β-unsaturated/α-hetero) is 1. The molecular formula is C18H20N2O. The van der Waals surface area contributed by atoms with E-state index in [1.165, 1.54) is 25.7 Å². The molecule has 1 aliphatic heterocycles. The van der Waals surface area contributed by atoms with Gasteiger partial charge in [0.1, 0.15) is 0 Å². The second kappa shape index (κ2) is 5.23. The van der Waals surface area contributed by atoms with Gasteiger partial charge in [-0.1, -0.05) is 31.0 Å². The van der Waals surface area contributed by atoms with Gasteiger partial charge in [0.25, 0.3) is 0 Å². The van der Waals surface area contributed by atoms with Crippen molar-refractivity contribution in [3.8, 4) is 0 Å². The second-order valence-electron chi connectivity index (χ2n) is 6.35. The molecule has 1 saturated carbocycles. The van der Waals surface area contributed by atoms with Gasteiger partial charge in [0, 0.05) is 23.2 Å². The van der Waals surface area contributed by atoms with E-state index in [0.29, 0.717) is 12.0 Å². The minimum absolute atomic E-state index is 0.0103. The minimum Gasteiger partial charge on any atom is -0.304 e. The van der Waals surface area contributed by atoms with E-state index in [9.17, 15) is 4.79 Å². The van der Waals surface area contributed by atoms with E-state index in [2.05, 4.69) is 10.3 Å². The lowest BCUT2D eigenvalue weighted by atomic mass is 9.84. The highest BCUT2D eigenvalue weighted by Crippen LogP contribution is 2.34. The number of rotatable bonds is 2. The molecule has 2 aromatic rings. The highest BCUT2D eigenvalue weighted by molar-refractivity contribution is 6.09. The Labute approximate surface area is 124 Å². The van der Waals surface area contributed by atoms with Crippen molar-refractivity contribution in [1.82, 2.24) is 10.3 Å². The van der Waals surface area contributed by atoms with Crippen LogP contribution in [-0.4, -0.2) is 22.9 Å². The zero-order valence-corrected chi connectivity index (χ0v) is 12.1. The van der Waals surface area contributed by atoms with E-state index < -0.39 is 0 Å². The molecule has 1 aliphatic carbocycles. The first-order valence-electron chi connectivity index (χ1n) is 7.97. The summed E-state index contributed by atoms with van der Waals surface area (Å²) in [5.74, 6) is 0.934. The van der Waals surface area contributed by atoms with E-state index in [0.717, 1.165) is 22.9 Å². The Bertz CT molecular complexity index is 662. The number of hydrogen-bond donors (Lipinski definition) is 1. The summed E-state index contributed by atoms with van der Waals surface area (Å²) >= 11 is 0.